The molecule has 3 aliphatic rings. The van der Waals surface area contributed by atoms with Gasteiger partial charge in [-0.25, -0.2) is 9.18 Å². The van der Waals surface area contributed by atoms with Crippen LogP contribution >= 0.6 is 0 Å². The molecule has 2 aliphatic carbocycles. The number of aromatic hydroxyl groups is 1. The number of phenols is 1. The van der Waals surface area contributed by atoms with Crippen molar-refractivity contribution in [3.05, 3.63) is 33.6 Å². The number of fused-ring (bicyclic) bond motifs is 1. The van der Waals surface area contributed by atoms with Gasteiger partial charge in [-0.15, -0.1) is 0 Å². The zero-order valence-electron chi connectivity index (χ0n) is 16.2. The van der Waals surface area contributed by atoms with Crippen LogP contribution in [0.4, 0.5) is 10.1 Å². The molecule has 1 aromatic heterocycles. The number of carbonyl (C=O) groups is 1. The van der Waals surface area contributed by atoms with E-state index in [9.17, 15) is 24.2 Å². The first-order valence-electron chi connectivity index (χ1n) is 10.0. The predicted molar refractivity (Wildman–Crippen MR) is 107 cm³/mol. The molecule has 1 saturated heterocycles. The summed E-state index contributed by atoms with van der Waals surface area (Å²) in [6, 6.07) is 1.02. The molecular weight excluding hydrogens is 377 g/mol. The Morgan fingerprint density at radius 2 is 2.07 bits per heavy atom. The van der Waals surface area contributed by atoms with Crippen LogP contribution in [-0.4, -0.2) is 45.5 Å². The molecule has 1 aliphatic heterocycles. The number of alkyl halides is 1. The second kappa shape index (κ2) is 5.95. The van der Waals surface area contributed by atoms with Crippen molar-refractivity contribution in [3.63, 3.8) is 0 Å². The number of aryl methyl sites for hydroxylation is 1. The van der Waals surface area contributed by atoms with Crippen LogP contribution < -0.4 is 16.1 Å². The molecule has 1 aromatic carbocycles. The fraction of sp³-hybridized carbons (Fsp3) is 0.524. The summed E-state index contributed by atoms with van der Waals surface area (Å²) in [6.07, 6.45) is 3.43. The fourth-order valence-electron chi connectivity index (χ4n) is 4.87. The third-order valence-electron chi connectivity index (χ3n) is 6.94. The number of hydrogen-bond acceptors (Lipinski definition) is 5. The Labute approximate surface area is 166 Å². The van der Waals surface area contributed by atoms with E-state index < -0.39 is 29.2 Å². The highest BCUT2D eigenvalue weighted by atomic mass is 19.1. The number of rotatable bonds is 4. The lowest BCUT2D eigenvalue weighted by Gasteiger charge is -2.25. The molecule has 29 heavy (non-hydrogen) atoms. The lowest BCUT2D eigenvalue weighted by Crippen LogP contribution is -2.34. The molecule has 0 unspecified atom stereocenters. The topological polar surface area (TPSA) is 109 Å². The van der Waals surface area contributed by atoms with Gasteiger partial charge in [-0.05, 0) is 37.7 Å². The van der Waals surface area contributed by atoms with E-state index in [2.05, 4.69) is 4.90 Å². The second-order valence-corrected chi connectivity index (χ2v) is 8.83. The third-order valence-corrected chi connectivity index (χ3v) is 6.94. The number of aromatic nitrogens is 1. The van der Waals surface area contributed by atoms with E-state index in [0.717, 1.165) is 43.6 Å². The second-order valence-electron chi connectivity index (χ2n) is 8.83. The highest BCUT2D eigenvalue weighted by Crippen LogP contribution is 2.47. The van der Waals surface area contributed by atoms with Gasteiger partial charge >= 0.3 is 5.97 Å². The predicted octanol–water partition coefficient (Wildman–Crippen LogP) is 2.31. The summed E-state index contributed by atoms with van der Waals surface area (Å²) in [6.45, 7) is 3.41. The van der Waals surface area contributed by atoms with Crippen molar-refractivity contribution >= 4 is 22.6 Å². The van der Waals surface area contributed by atoms with Crippen molar-refractivity contribution in [3.8, 4) is 5.75 Å². The zero-order valence-corrected chi connectivity index (χ0v) is 16.2. The van der Waals surface area contributed by atoms with Crippen molar-refractivity contribution in [2.75, 3.05) is 18.0 Å². The molecule has 2 heterocycles. The van der Waals surface area contributed by atoms with Crippen LogP contribution in [0, 0.1) is 12.8 Å². The molecule has 154 valence electrons. The lowest BCUT2D eigenvalue weighted by atomic mass is 9.97. The Morgan fingerprint density at radius 1 is 1.38 bits per heavy atom. The maximum atomic E-state index is 13.9. The fourth-order valence-corrected chi connectivity index (χ4v) is 4.87. The number of anilines is 1. The summed E-state index contributed by atoms with van der Waals surface area (Å²) < 4.78 is 15.4. The number of nitrogens with two attached hydrogens (primary N) is 1. The van der Waals surface area contributed by atoms with E-state index >= 15 is 0 Å². The summed E-state index contributed by atoms with van der Waals surface area (Å²) >= 11 is 0. The Hall–Kier alpha value is -2.61. The average molecular weight is 401 g/mol. The van der Waals surface area contributed by atoms with Gasteiger partial charge in [-0.1, -0.05) is 0 Å². The molecule has 3 atom stereocenters. The van der Waals surface area contributed by atoms with Crippen LogP contribution in [0.1, 0.15) is 47.6 Å². The minimum absolute atomic E-state index is 0.0570. The van der Waals surface area contributed by atoms with Crippen LogP contribution in [0.3, 0.4) is 0 Å². The average Bonchev–Trinajstić information content (AvgIpc) is 3.53. The van der Waals surface area contributed by atoms with Gasteiger partial charge in [0.05, 0.1) is 16.9 Å². The van der Waals surface area contributed by atoms with E-state index in [1.165, 1.54) is 16.8 Å². The monoisotopic (exact) mass is 401 g/mol. The van der Waals surface area contributed by atoms with Gasteiger partial charge < -0.3 is 25.4 Å². The Morgan fingerprint density at radius 3 is 2.66 bits per heavy atom. The van der Waals surface area contributed by atoms with E-state index in [-0.39, 0.29) is 23.1 Å². The van der Waals surface area contributed by atoms with Gasteiger partial charge in [0, 0.05) is 43.0 Å². The van der Waals surface area contributed by atoms with Crippen LogP contribution in [-0.2, 0) is 0 Å². The number of nitrogens with zero attached hydrogens (tertiary/aromatic N) is 2. The SMILES string of the molecule is Cc1c(N2CC[C@@H](C3(N)CC3)C2)cc(O)c2c(=O)c(C(=O)O)cn([C@@H]3C[C@H]3F)c12. The van der Waals surface area contributed by atoms with E-state index in [4.69, 9.17) is 5.73 Å². The van der Waals surface area contributed by atoms with Gasteiger partial charge in [-0.3, -0.25) is 4.79 Å². The van der Waals surface area contributed by atoms with Crippen LogP contribution in [0.2, 0.25) is 0 Å². The molecule has 3 fully saturated rings. The normalized spacial score (nSPS) is 27.4. The minimum Gasteiger partial charge on any atom is -0.507 e. The number of carboxylic acid groups (broad SMARTS) is 1. The smallest absolute Gasteiger partial charge is 0.341 e. The first kappa shape index (κ1) is 18.4. The molecule has 4 N–H and O–H groups in total. The maximum Gasteiger partial charge on any atom is 0.341 e. The largest absolute Gasteiger partial charge is 0.507 e. The molecular formula is C21H24FN3O4. The highest BCUT2D eigenvalue weighted by Gasteiger charge is 2.48. The van der Waals surface area contributed by atoms with Gasteiger partial charge in [0.15, 0.2) is 0 Å². The minimum atomic E-state index is -1.39. The summed E-state index contributed by atoms with van der Waals surface area (Å²) in [5.74, 6) is -1.27. The number of halogens is 1. The highest BCUT2D eigenvalue weighted by molar-refractivity contribution is 5.98. The van der Waals surface area contributed by atoms with Crippen LogP contribution in [0.25, 0.3) is 10.9 Å². The summed E-state index contributed by atoms with van der Waals surface area (Å²) in [4.78, 5) is 26.5. The summed E-state index contributed by atoms with van der Waals surface area (Å²) in [5, 5.41) is 20.1. The number of phenolic OH excluding ortho intramolecular Hbond substituents is 1. The lowest BCUT2D eigenvalue weighted by molar-refractivity contribution is 0.0694. The zero-order chi connectivity index (χ0) is 20.7. The first-order chi connectivity index (χ1) is 13.7. The number of benzene rings is 1. The third kappa shape index (κ3) is 2.73. The van der Waals surface area contributed by atoms with Crippen molar-refractivity contribution in [2.45, 2.75) is 50.4 Å². The summed E-state index contributed by atoms with van der Waals surface area (Å²) in [5.41, 5.74) is 7.04. The molecule has 0 bridgehead atoms. The van der Waals surface area contributed by atoms with Crippen molar-refractivity contribution < 1.29 is 19.4 Å². The van der Waals surface area contributed by atoms with Gasteiger partial charge in [-0.2, -0.15) is 0 Å². The molecule has 8 heteroatoms. The maximum absolute atomic E-state index is 13.9. The Balaban J connectivity index is 1.68. The molecule has 2 aromatic rings. The molecule has 0 radical (unpaired) electrons. The van der Waals surface area contributed by atoms with Gasteiger partial charge in [0.25, 0.3) is 0 Å². The van der Waals surface area contributed by atoms with Crippen molar-refractivity contribution in [1.82, 2.24) is 4.57 Å². The van der Waals surface area contributed by atoms with E-state index in [1.807, 2.05) is 6.92 Å². The molecule has 5 rings (SSSR count). The van der Waals surface area contributed by atoms with Crippen LogP contribution in [0.15, 0.2) is 17.1 Å². The number of carboxylic acids is 1. The molecule has 0 amide bonds. The Bertz CT molecular complexity index is 1110. The van der Waals surface area contributed by atoms with Crippen molar-refractivity contribution in [2.24, 2.45) is 11.7 Å². The van der Waals surface area contributed by atoms with Crippen molar-refractivity contribution in [1.29, 1.82) is 0 Å². The Kier molecular flexibility index (Phi) is 3.78. The molecule has 0 spiro atoms. The van der Waals surface area contributed by atoms with Crippen LogP contribution in [0.5, 0.6) is 5.75 Å². The molecule has 7 nitrogen and oxygen atoms in total. The number of pyridine rings is 1. The first-order valence-corrected chi connectivity index (χ1v) is 10.0. The summed E-state index contributed by atoms with van der Waals surface area (Å²) in [7, 11) is 0. The number of aromatic carboxylic acids is 1. The van der Waals surface area contributed by atoms with E-state index in [0.29, 0.717) is 11.4 Å². The van der Waals surface area contributed by atoms with E-state index in [1.54, 1.807) is 0 Å². The quantitative estimate of drug-likeness (QED) is 0.726. The van der Waals surface area contributed by atoms with Gasteiger partial charge in [0.1, 0.15) is 17.5 Å². The van der Waals surface area contributed by atoms with Gasteiger partial charge in [0.2, 0.25) is 5.43 Å². The molecule has 2 saturated carbocycles. The standard InChI is InChI=1S/C21H24FN3O4/c1-10-14(24-5-2-11(8-24)21(23)3-4-21)7-16(26)17-18(10)25(15-6-13(15)22)9-12(19(17)27)20(28)29/h7,9,11,13,15,26H,2-6,8,23H2,1H3,(H,28,29)/t11-,13-,15-/m1/s1. The number of hydrogen-bond donors (Lipinski definition) is 3.